The molecule has 0 saturated heterocycles. The molecule has 1 aliphatic heterocycles. The fourth-order valence-corrected chi connectivity index (χ4v) is 4.12. The zero-order valence-corrected chi connectivity index (χ0v) is 20.1. The second kappa shape index (κ2) is 10.4. The molecule has 34 heavy (non-hydrogen) atoms. The summed E-state index contributed by atoms with van der Waals surface area (Å²) in [5.74, 6) is 1.67. The molecule has 1 amide bonds. The fourth-order valence-electron chi connectivity index (χ4n) is 4.12. The van der Waals surface area contributed by atoms with Crippen molar-refractivity contribution in [2.75, 3.05) is 24.4 Å². The molecule has 0 spiro atoms. The Balaban J connectivity index is 1.68. The zero-order chi connectivity index (χ0) is 24.1. The lowest BCUT2D eigenvalue weighted by Gasteiger charge is -2.29. The van der Waals surface area contributed by atoms with Gasteiger partial charge in [-0.05, 0) is 55.7 Å². The SMILES string of the molecule is CCCCCOc1ccc(C2C(C(=O)Nc3cccc(C)c3)=C(C)Nc3ncnn32)cc1OC. The van der Waals surface area contributed by atoms with Gasteiger partial charge in [0.1, 0.15) is 12.4 Å². The first-order valence-electron chi connectivity index (χ1n) is 11.6. The van der Waals surface area contributed by atoms with Crippen LogP contribution in [0.15, 0.2) is 60.1 Å². The summed E-state index contributed by atoms with van der Waals surface area (Å²) >= 11 is 0. The highest BCUT2D eigenvalue weighted by molar-refractivity contribution is 6.06. The van der Waals surface area contributed by atoms with Gasteiger partial charge in [0.2, 0.25) is 5.95 Å². The Morgan fingerprint density at radius 3 is 2.76 bits per heavy atom. The van der Waals surface area contributed by atoms with Crippen LogP contribution in [-0.2, 0) is 4.79 Å². The topological polar surface area (TPSA) is 90.3 Å². The highest BCUT2D eigenvalue weighted by atomic mass is 16.5. The number of aryl methyl sites for hydroxylation is 1. The van der Waals surface area contributed by atoms with Crippen molar-refractivity contribution in [3.63, 3.8) is 0 Å². The van der Waals surface area contributed by atoms with E-state index in [4.69, 9.17) is 9.47 Å². The van der Waals surface area contributed by atoms with Crippen LogP contribution in [0, 0.1) is 6.92 Å². The van der Waals surface area contributed by atoms with Crippen molar-refractivity contribution in [3.8, 4) is 11.5 Å². The van der Waals surface area contributed by atoms with Crippen LogP contribution in [0.1, 0.15) is 50.3 Å². The van der Waals surface area contributed by atoms with Gasteiger partial charge >= 0.3 is 0 Å². The van der Waals surface area contributed by atoms with Gasteiger partial charge in [-0.3, -0.25) is 4.79 Å². The summed E-state index contributed by atoms with van der Waals surface area (Å²) in [6, 6.07) is 13.0. The van der Waals surface area contributed by atoms with Crippen LogP contribution in [-0.4, -0.2) is 34.4 Å². The van der Waals surface area contributed by atoms with E-state index in [0.29, 0.717) is 29.6 Å². The molecule has 1 aliphatic rings. The quantitative estimate of drug-likeness (QED) is 0.431. The van der Waals surface area contributed by atoms with Crippen molar-refractivity contribution < 1.29 is 14.3 Å². The first-order valence-corrected chi connectivity index (χ1v) is 11.6. The van der Waals surface area contributed by atoms with Crippen molar-refractivity contribution in [1.29, 1.82) is 0 Å². The molecular formula is C26H31N5O3. The van der Waals surface area contributed by atoms with E-state index in [0.717, 1.165) is 41.8 Å². The first-order chi connectivity index (χ1) is 16.5. The average molecular weight is 462 g/mol. The van der Waals surface area contributed by atoms with E-state index in [2.05, 4.69) is 27.6 Å². The number of nitrogens with zero attached hydrogens (tertiary/aromatic N) is 3. The van der Waals surface area contributed by atoms with Gasteiger partial charge in [-0.15, -0.1) is 0 Å². The van der Waals surface area contributed by atoms with E-state index in [-0.39, 0.29) is 5.91 Å². The third-order valence-corrected chi connectivity index (χ3v) is 5.82. The van der Waals surface area contributed by atoms with Crippen molar-refractivity contribution in [1.82, 2.24) is 14.8 Å². The minimum absolute atomic E-state index is 0.208. The molecule has 1 atom stereocenters. The molecule has 8 nitrogen and oxygen atoms in total. The summed E-state index contributed by atoms with van der Waals surface area (Å²) in [4.78, 5) is 17.8. The van der Waals surface area contributed by atoms with E-state index < -0.39 is 6.04 Å². The summed E-state index contributed by atoms with van der Waals surface area (Å²) < 4.78 is 13.3. The van der Waals surface area contributed by atoms with Gasteiger partial charge in [0.25, 0.3) is 5.91 Å². The van der Waals surface area contributed by atoms with Crippen molar-refractivity contribution >= 4 is 17.5 Å². The van der Waals surface area contributed by atoms with Gasteiger partial charge in [0.05, 0.1) is 19.3 Å². The summed E-state index contributed by atoms with van der Waals surface area (Å²) in [5.41, 5.74) is 3.92. The molecule has 0 radical (unpaired) electrons. The van der Waals surface area contributed by atoms with Crippen LogP contribution in [0.5, 0.6) is 11.5 Å². The average Bonchev–Trinajstić information content (AvgIpc) is 3.29. The minimum Gasteiger partial charge on any atom is -0.493 e. The molecule has 0 fully saturated rings. The lowest BCUT2D eigenvalue weighted by molar-refractivity contribution is -0.113. The number of unbranched alkanes of at least 4 members (excludes halogenated alkanes) is 2. The Hall–Kier alpha value is -3.81. The third kappa shape index (κ3) is 4.90. The zero-order valence-electron chi connectivity index (χ0n) is 20.1. The van der Waals surface area contributed by atoms with Gasteiger partial charge in [-0.2, -0.15) is 10.1 Å². The fraction of sp³-hybridized carbons (Fsp3) is 0.346. The summed E-state index contributed by atoms with van der Waals surface area (Å²) in [6.45, 7) is 6.66. The Bertz CT molecular complexity index is 1200. The number of benzene rings is 2. The molecule has 0 aliphatic carbocycles. The van der Waals surface area contributed by atoms with Crippen molar-refractivity contribution in [2.45, 2.75) is 46.1 Å². The number of amides is 1. The number of ether oxygens (including phenoxy) is 2. The molecule has 4 rings (SSSR count). The van der Waals surface area contributed by atoms with Crippen molar-refractivity contribution in [2.24, 2.45) is 0 Å². The highest BCUT2D eigenvalue weighted by Gasteiger charge is 2.34. The highest BCUT2D eigenvalue weighted by Crippen LogP contribution is 2.39. The number of aromatic nitrogens is 3. The van der Waals surface area contributed by atoms with Crippen LogP contribution >= 0.6 is 0 Å². The number of carbonyl (C=O) groups excluding carboxylic acids is 1. The molecular weight excluding hydrogens is 430 g/mol. The third-order valence-electron chi connectivity index (χ3n) is 5.82. The Kier molecular flexibility index (Phi) is 7.15. The number of hydrogen-bond acceptors (Lipinski definition) is 6. The second-order valence-electron chi connectivity index (χ2n) is 8.38. The molecule has 0 bridgehead atoms. The first kappa shape index (κ1) is 23.4. The summed E-state index contributed by atoms with van der Waals surface area (Å²) in [6.07, 6.45) is 4.72. The van der Waals surface area contributed by atoms with E-state index in [1.807, 2.05) is 56.3 Å². The molecule has 1 aromatic heterocycles. The molecule has 8 heteroatoms. The number of anilines is 2. The molecule has 178 valence electrons. The van der Waals surface area contributed by atoms with E-state index >= 15 is 0 Å². The molecule has 2 N–H and O–H groups in total. The molecule has 2 aromatic carbocycles. The number of allylic oxidation sites excluding steroid dienone is 1. The maximum absolute atomic E-state index is 13.5. The predicted octanol–water partition coefficient (Wildman–Crippen LogP) is 5.09. The normalized spacial score (nSPS) is 14.9. The van der Waals surface area contributed by atoms with E-state index in [9.17, 15) is 4.79 Å². The maximum Gasteiger partial charge on any atom is 0.255 e. The number of fused-ring (bicyclic) bond motifs is 1. The number of nitrogens with one attached hydrogen (secondary N) is 2. The number of hydrogen-bond donors (Lipinski definition) is 2. The van der Waals surface area contributed by atoms with Crippen LogP contribution in [0.2, 0.25) is 0 Å². The molecule has 3 aromatic rings. The number of carbonyl (C=O) groups is 1. The maximum atomic E-state index is 13.5. The molecule has 1 unspecified atom stereocenters. The summed E-state index contributed by atoms with van der Waals surface area (Å²) in [7, 11) is 1.62. The summed E-state index contributed by atoms with van der Waals surface area (Å²) in [5, 5.41) is 10.6. The monoisotopic (exact) mass is 461 g/mol. The Morgan fingerprint density at radius 2 is 2.00 bits per heavy atom. The second-order valence-corrected chi connectivity index (χ2v) is 8.38. The van der Waals surface area contributed by atoms with Gasteiger partial charge in [-0.1, -0.05) is 38.0 Å². The van der Waals surface area contributed by atoms with Crippen LogP contribution in [0.4, 0.5) is 11.6 Å². The molecule has 2 heterocycles. The lowest BCUT2D eigenvalue weighted by atomic mass is 9.94. The Morgan fingerprint density at radius 1 is 1.15 bits per heavy atom. The van der Waals surface area contributed by atoms with Gasteiger partial charge < -0.3 is 20.1 Å². The minimum atomic E-state index is -0.480. The number of methoxy groups -OCH3 is 1. The van der Waals surface area contributed by atoms with Crippen LogP contribution in [0.25, 0.3) is 0 Å². The smallest absolute Gasteiger partial charge is 0.255 e. The number of rotatable bonds is 9. The van der Waals surface area contributed by atoms with Crippen LogP contribution in [0.3, 0.4) is 0 Å². The lowest BCUT2D eigenvalue weighted by Crippen LogP contribution is -2.31. The van der Waals surface area contributed by atoms with Crippen molar-refractivity contribution in [3.05, 3.63) is 71.2 Å². The molecule has 0 saturated carbocycles. The van der Waals surface area contributed by atoms with Gasteiger partial charge in [-0.25, -0.2) is 4.68 Å². The van der Waals surface area contributed by atoms with Gasteiger partial charge in [0.15, 0.2) is 11.5 Å². The van der Waals surface area contributed by atoms with Crippen LogP contribution < -0.4 is 20.1 Å². The van der Waals surface area contributed by atoms with E-state index in [1.165, 1.54) is 6.33 Å². The standard InChI is InChI=1S/C26H31N5O3/c1-5-6-7-13-34-21-12-11-19(15-22(21)33-4)24-23(18(3)29-26-27-16-28-31(24)26)25(32)30-20-10-8-9-17(2)14-20/h8-12,14-16,24H,5-7,13H2,1-4H3,(H,30,32)(H,27,28,29). The van der Waals surface area contributed by atoms with Gasteiger partial charge in [0, 0.05) is 11.4 Å². The Labute approximate surface area is 200 Å². The predicted molar refractivity (Wildman–Crippen MR) is 132 cm³/mol. The largest absolute Gasteiger partial charge is 0.493 e. The van der Waals surface area contributed by atoms with E-state index in [1.54, 1.807) is 11.8 Å².